The van der Waals surface area contributed by atoms with Crippen molar-refractivity contribution in [1.29, 1.82) is 0 Å². The van der Waals surface area contributed by atoms with Crippen LogP contribution in [0.25, 0.3) is 0 Å². The van der Waals surface area contributed by atoms with Gasteiger partial charge < -0.3 is 4.74 Å². The molecule has 0 aliphatic carbocycles. The summed E-state index contributed by atoms with van der Waals surface area (Å²) in [6, 6.07) is 0. The first-order valence-electron chi connectivity index (χ1n) is 7.55. The number of carbonyl (C=O) groups is 2. The van der Waals surface area contributed by atoms with Gasteiger partial charge in [0.15, 0.2) is 5.78 Å². The van der Waals surface area contributed by atoms with Gasteiger partial charge in [-0.2, -0.15) is 0 Å². The number of unbranched alkanes of at least 4 members (excludes halogenated alkanes) is 7. The van der Waals surface area contributed by atoms with Crippen molar-refractivity contribution < 1.29 is 14.3 Å². The van der Waals surface area contributed by atoms with Gasteiger partial charge in [0, 0.05) is 0 Å². The quantitative estimate of drug-likeness (QED) is 0.230. The molecule has 0 aliphatic heterocycles. The summed E-state index contributed by atoms with van der Waals surface area (Å²) in [5.74, 6) is -0.602. The third kappa shape index (κ3) is 13.1. The van der Waals surface area contributed by atoms with Crippen molar-refractivity contribution in [2.45, 2.75) is 71.6 Å². The average molecular weight is 268 g/mol. The summed E-state index contributed by atoms with van der Waals surface area (Å²) in [7, 11) is 0. The number of allylic oxidation sites excluding steroid dienone is 2. The van der Waals surface area contributed by atoms with Crippen molar-refractivity contribution in [2.75, 3.05) is 6.61 Å². The molecule has 0 aromatic rings. The van der Waals surface area contributed by atoms with Gasteiger partial charge in [-0.05, 0) is 25.8 Å². The fourth-order valence-electron chi connectivity index (χ4n) is 1.85. The van der Waals surface area contributed by atoms with E-state index in [4.69, 9.17) is 4.74 Å². The minimum Gasteiger partial charge on any atom is -0.466 e. The Morgan fingerprint density at radius 3 is 2.21 bits per heavy atom. The second-order valence-electron chi connectivity index (χ2n) is 4.76. The minimum atomic E-state index is -0.437. The Kier molecular flexibility index (Phi) is 12.5. The largest absolute Gasteiger partial charge is 0.466 e. The van der Waals surface area contributed by atoms with Crippen molar-refractivity contribution in [2.24, 2.45) is 0 Å². The minimum absolute atomic E-state index is 0.138. The molecule has 110 valence electrons. The summed E-state index contributed by atoms with van der Waals surface area (Å²) in [5, 5.41) is 0. The van der Waals surface area contributed by atoms with Crippen molar-refractivity contribution in [3.05, 3.63) is 12.2 Å². The van der Waals surface area contributed by atoms with Crippen LogP contribution in [-0.2, 0) is 14.3 Å². The maximum atomic E-state index is 11.3. The number of ketones is 1. The van der Waals surface area contributed by atoms with E-state index in [2.05, 4.69) is 6.92 Å². The molecule has 0 saturated carbocycles. The summed E-state index contributed by atoms with van der Waals surface area (Å²) >= 11 is 0. The number of hydrogen-bond donors (Lipinski definition) is 0. The maximum absolute atomic E-state index is 11.3. The third-order valence-corrected chi connectivity index (χ3v) is 2.90. The van der Waals surface area contributed by atoms with E-state index in [1.807, 2.05) is 6.08 Å². The second-order valence-corrected chi connectivity index (χ2v) is 4.76. The highest BCUT2D eigenvalue weighted by atomic mass is 16.5. The van der Waals surface area contributed by atoms with Crippen LogP contribution < -0.4 is 0 Å². The van der Waals surface area contributed by atoms with Crippen LogP contribution in [0.4, 0.5) is 0 Å². The molecule has 0 aromatic carbocycles. The van der Waals surface area contributed by atoms with Crippen LogP contribution >= 0.6 is 0 Å². The molecule has 3 heteroatoms. The number of hydrogen-bond acceptors (Lipinski definition) is 3. The average Bonchev–Trinajstić information content (AvgIpc) is 2.37. The Morgan fingerprint density at radius 2 is 1.58 bits per heavy atom. The molecule has 0 bridgehead atoms. The van der Waals surface area contributed by atoms with E-state index in [1.165, 1.54) is 44.6 Å². The van der Waals surface area contributed by atoms with Crippen LogP contribution in [0, 0.1) is 0 Å². The predicted octanol–water partition coefficient (Wildman–Crippen LogP) is 4.21. The molecule has 0 N–H and O–H groups in total. The number of rotatable bonds is 12. The molecule has 0 amide bonds. The fraction of sp³-hybridized carbons (Fsp3) is 0.750. The molecule has 19 heavy (non-hydrogen) atoms. The Bertz CT molecular complexity index is 269. The fourth-order valence-corrected chi connectivity index (χ4v) is 1.85. The standard InChI is InChI=1S/C16H28O3/c1-3-5-6-7-8-9-10-11-12-13-15(17)14-16(18)19-4-2/h12-13H,3-11,14H2,1-2H3/b13-12+. The van der Waals surface area contributed by atoms with Gasteiger partial charge >= 0.3 is 5.97 Å². The van der Waals surface area contributed by atoms with Crippen LogP contribution in [0.1, 0.15) is 71.6 Å². The van der Waals surface area contributed by atoms with Gasteiger partial charge in [-0.3, -0.25) is 9.59 Å². The lowest BCUT2D eigenvalue weighted by molar-refractivity contribution is -0.144. The summed E-state index contributed by atoms with van der Waals surface area (Å²) in [6.45, 7) is 4.28. The summed E-state index contributed by atoms with van der Waals surface area (Å²) in [5.41, 5.74) is 0. The van der Waals surface area contributed by atoms with E-state index in [1.54, 1.807) is 6.92 Å². The molecule has 0 heterocycles. The summed E-state index contributed by atoms with van der Waals surface area (Å²) < 4.78 is 4.71. The molecule has 0 aromatic heterocycles. The highest BCUT2D eigenvalue weighted by Crippen LogP contribution is 2.08. The Balaban J connectivity index is 3.42. The van der Waals surface area contributed by atoms with Gasteiger partial charge in [-0.1, -0.05) is 51.5 Å². The van der Waals surface area contributed by atoms with E-state index in [0.29, 0.717) is 6.61 Å². The van der Waals surface area contributed by atoms with E-state index < -0.39 is 5.97 Å². The highest BCUT2D eigenvalue weighted by Gasteiger charge is 2.06. The van der Waals surface area contributed by atoms with Gasteiger partial charge in [0.05, 0.1) is 6.61 Å². The second kappa shape index (κ2) is 13.3. The molecule has 0 atom stereocenters. The van der Waals surface area contributed by atoms with Gasteiger partial charge in [-0.25, -0.2) is 0 Å². The number of carbonyl (C=O) groups excluding carboxylic acids is 2. The number of ether oxygens (including phenoxy) is 1. The third-order valence-electron chi connectivity index (χ3n) is 2.90. The first kappa shape index (κ1) is 17.9. The monoisotopic (exact) mass is 268 g/mol. The molecule has 0 rings (SSSR count). The molecule has 0 radical (unpaired) electrons. The molecule has 0 unspecified atom stereocenters. The van der Waals surface area contributed by atoms with Crippen molar-refractivity contribution >= 4 is 11.8 Å². The zero-order valence-electron chi connectivity index (χ0n) is 12.5. The first-order chi connectivity index (χ1) is 9.20. The van der Waals surface area contributed by atoms with Crippen LogP contribution in [0.2, 0.25) is 0 Å². The Hall–Kier alpha value is -1.12. The Labute approximate surface area is 117 Å². The highest BCUT2D eigenvalue weighted by molar-refractivity contribution is 6.01. The lowest BCUT2D eigenvalue weighted by atomic mass is 10.1. The molecular weight excluding hydrogens is 240 g/mol. The maximum Gasteiger partial charge on any atom is 0.313 e. The molecule has 0 spiro atoms. The lowest BCUT2D eigenvalue weighted by Gasteiger charge is -1.99. The van der Waals surface area contributed by atoms with Gasteiger partial charge in [0.25, 0.3) is 0 Å². The molecule has 0 aliphatic rings. The van der Waals surface area contributed by atoms with Crippen LogP contribution in [0.5, 0.6) is 0 Å². The topological polar surface area (TPSA) is 43.4 Å². The molecular formula is C16H28O3. The zero-order valence-corrected chi connectivity index (χ0v) is 12.5. The van der Waals surface area contributed by atoms with Crippen molar-refractivity contribution in [3.63, 3.8) is 0 Å². The Morgan fingerprint density at radius 1 is 0.947 bits per heavy atom. The van der Waals surface area contributed by atoms with E-state index >= 15 is 0 Å². The summed E-state index contributed by atoms with van der Waals surface area (Å²) in [4.78, 5) is 22.4. The smallest absolute Gasteiger partial charge is 0.313 e. The SMILES string of the molecule is CCCCCCCCC/C=C/C(=O)CC(=O)OCC. The van der Waals surface area contributed by atoms with E-state index in [0.717, 1.165) is 12.8 Å². The van der Waals surface area contributed by atoms with Gasteiger partial charge in [0.1, 0.15) is 6.42 Å². The predicted molar refractivity (Wildman–Crippen MR) is 78.0 cm³/mol. The molecule has 0 fully saturated rings. The van der Waals surface area contributed by atoms with Crippen LogP contribution in [0.15, 0.2) is 12.2 Å². The van der Waals surface area contributed by atoms with Crippen LogP contribution in [0.3, 0.4) is 0 Å². The van der Waals surface area contributed by atoms with Crippen molar-refractivity contribution in [1.82, 2.24) is 0 Å². The van der Waals surface area contributed by atoms with E-state index in [9.17, 15) is 9.59 Å². The van der Waals surface area contributed by atoms with Crippen LogP contribution in [-0.4, -0.2) is 18.4 Å². The van der Waals surface area contributed by atoms with Crippen molar-refractivity contribution in [3.8, 4) is 0 Å². The van der Waals surface area contributed by atoms with E-state index in [-0.39, 0.29) is 12.2 Å². The molecule has 3 nitrogen and oxygen atoms in total. The van der Waals surface area contributed by atoms with Gasteiger partial charge in [0.2, 0.25) is 0 Å². The normalized spacial score (nSPS) is 10.8. The summed E-state index contributed by atoms with van der Waals surface area (Å²) in [6.07, 6.45) is 13.1. The number of esters is 1. The lowest BCUT2D eigenvalue weighted by Crippen LogP contribution is -2.09. The zero-order chi connectivity index (χ0) is 14.3. The first-order valence-corrected chi connectivity index (χ1v) is 7.55. The molecule has 0 saturated heterocycles. The van der Waals surface area contributed by atoms with Gasteiger partial charge in [-0.15, -0.1) is 0 Å².